The van der Waals surface area contributed by atoms with Crippen LogP contribution in [-0.4, -0.2) is 40.3 Å². The number of aromatic nitrogens is 1. The Morgan fingerprint density at radius 3 is 2.94 bits per heavy atom. The smallest absolute Gasteiger partial charge is 0.273 e. The van der Waals surface area contributed by atoms with Crippen LogP contribution >= 0.6 is 11.8 Å². The number of aryl methyl sites for hydroxylation is 1. The zero-order valence-corrected chi connectivity index (χ0v) is 11.1. The van der Waals surface area contributed by atoms with Crippen molar-refractivity contribution in [2.45, 2.75) is 25.9 Å². The molecule has 0 aromatic carbocycles. The van der Waals surface area contributed by atoms with Crippen LogP contribution in [0.3, 0.4) is 0 Å². The molecular weight excluding hydrogens is 240 g/mol. The van der Waals surface area contributed by atoms with E-state index in [1.165, 1.54) is 0 Å². The lowest BCUT2D eigenvalue weighted by atomic mass is 10.0. The number of nitrogens with one attached hydrogen (secondary N) is 1. The molecule has 5 nitrogen and oxygen atoms in total. The van der Waals surface area contributed by atoms with Gasteiger partial charge in [0, 0.05) is 12.6 Å². The van der Waals surface area contributed by atoms with Crippen molar-refractivity contribution in [3.05, 3.63) is 17.5 Å². The van der Waals surface area contributed by atoms with Crippen molar-refractivity contribution >= 4 is 17.7 Å². The van der Waals surface area contributed by atoms with E-state index in [0.717, 1.165) is 5.75 Å². The molecule has 0 bridgehead atoms. The Hall–Kier alpha value is -1.01. The van der Waals surface area contributed by atoms with Crippen molar-refractivity contribution in [1.82, 2.24) is 10.5 Å². The van der Waals surface area contributed by atoms with Crippen molar-refractivity contribution in [2.75, 3.05) is 18.6 Å². The third-order valence-corrected chi connectivity index (χ3v) is 2.95. The standard InChI is InChI=1S/C11H18N2O3S/c1-8-6-9(13-16-8)10(14)12-7-11(2,15)4-5-17-3/h6,15H,4-5,7H2,1-3H3,(H,12,14). The Bertz CT molecular complexity index is 377. The van der Waals surface area contributed by atoms with E-state index in [-0.39, 0.29) is 18.1 Å². The summed E-state index contributed by atoms with van der Waals surface area (Å²) in [6, 6.07) is 1.56. The highest BCUT2D eigenvalue weighted by atomic mass is 32.2. The summed E-state index contributed by atoms with van der Waals surface area (Å²) >= 11 is 1.66. The normalized spacial score (nSPS) is 14.4. The van der Waals surface area contributed by atoms with E-state index in [2.05, 4.69) is 10.5 Å². The molecule has 1 rings (SSSR count). The van der Waals surface area contributed by atoms with Crippen molar-refractivity contribution in [2.24, 2.45) is 0 Å². The SMILES string of the molecule is CSCCC(C)(O)CNC(=O)c1cc(C)on1. The molecule has 0 spiro atoms. The van der Waals surface area contributed by atoms with Crippen LogP contribution in [0.5, 0.6) is 0 Å². The highest BCUT2D eigenvalue weighted by Crippen LogP contribution is 2.11. The monoisotopic (exact) mass is 258 g/mol. The predicted octanol–water partition coefficient (Wildman–Crippen LogP) is 1.22. The molecule has 6 heteroatoms. The average molecular weight is 258 g/mol. The Labute approximate surface area is 105 Å². The molecule has 1 heterocycles. The molecular formula is C11H18N2O3S. The van der Waals surface area contributed by atoms with Gasteiger partial charge in [-0.25, -0.2) is 0 Å². The summed E-state index contributed by atoms with van der Waals surface area (Å²) in [5, 5.41) is 16.2. The molecule has 1 amide bonds. The maximum Gasteiger partial charge on any atom is 0.273 e. The zero-order valence-electron chi connectivity index (χ0n) is 10.3. The van der Waals surface area contributed by atoms with Gasteiger partial charge in [-0.05, 0) is 32.3 Å². The van der Waals surface area contributed by atoms with E-state index in [9.17, 15) is 9.90 Å². The van der Waals surface area contributed by atoms with Gasteiger partial charge in [-0.15, -0.1) is 0 Å². The fourth-order valence-electron chi connectivity index (χ4n) is 1.24. The summed E-state index contributed by atoms with van der Waals surface area (Å²) in [5.41, 5.74) is -0.652. The molecule has 96 valence electrons. The van der Waals surface area contributed by atoms with Crippen molar-refractivity contribution in [3.63, 3.8) is 0 Å². The van der Waals surface area contributed by atoms with E-state index in [1.807, 2.05) is 6.26 Å². The highest BCUT2D eigenvalue weighted by molar-refractivity contribution is 7.98. The Morgan fingerprint density at radius 2 is 2.41 bits per heavy atom. The van der Waals surface area contributed by atoms with Crippen LogP contribution < -0.4 is 5.32 Å². The lowest BCUT2D eigenvalue weighted by Gasteiger charge is -2.22. The van der Waals surface area contributed by atoms with Crippen LogP contribution in [0.4, 0.5) is 0 Å². The largest absolute Gasteiger partial charge is 0.388 e. The van der Waals surface area contributed by atoms with Crippen LogP contribution in [0.15, 0.2) is 10.6 Å². The number of nitrogens with zero attached hydrogens (tertiary/aromatic N) is 1. The maximum atomic E-state index is 11.6. The molecule has 1 atom stereocenters. The third-order valence-electron chi connectivity index (χ3n) is 2.34. The van der Waals surface area contributed by atoms with Crippen LogP contribution in [0.25, 0.3) is 0 Å². The number of hydrogen-bond acceptors (Lipinski definition) is 5. The first-order valence-electron chi connectivity index (χ1n) is 5.37. The van der Waals surface area contributed by atoms with Gasteiger partial charge in [0.25, 0.3) is 5.91 Å². The number of hydrogen-bond donors (Lipinski definition) is 2. The second-order valence-electron chi connectivity index (χ2n) is 4.25. The van der Waals surface area contributed by atoms with Gasteiger partial charge in [-0.1, -0.05) is 5.16 Å². The van der Waals surface area contributed by atoms with Crippen LogP contribution in [0.2, 0.25) is 0 Å². The predicted molar refractivity (Wildman–Crippen MR) is 67.2 cm³/mol. The lowest BCUT2D eigenvalue weighted by Crippen LogP contribution is -2.41. The first-order valence-corrected chi connectivity index (χ1v) is 6.77. The molecule has 0 radical (unpaired) electrons. The molecule has 17 heavy (non-hydrogen) atoms. The molecule has 1 aromatic rings. The fourth-order valence-corrected chi connectivity index (χ4v) is 1.89. The van der Waals surface area contributed by atoms with Gasteiger partial charge in [0.05, 0.1) is 5.60 Å². The Balaban J connectivity index is 2.42. The first kappa shape index (κ1) is 14.1. The number of carbonyl (C=O) groups excluding carboxylic acids is 1. The molecule has 1 unspecified atom stereocenters. The molecule has 0 aliphatic heterocycles. The highest BCUT2D eigenvalue weighted by Gasteiger charge is 2.21. The summed E-state index contributed by atoms with van der Waals surface area (Å²) in [5.74, 6) is 1.11. The maximum absolute atomic E-state index is 11.6. The fraction of sp³-hybridized carbons (Fsp3) is 0.636. The molecule has 0 fully saturated rings. The van der Waals surface area contributed by atoms with Crippen molar-refractivity contribution < 1.29 is 14.4 Å². The van der Waals surface area contributed by atoms with Gasteiger partial charge in [0.1, 0.15) is 5.76 Å². The Morgan fingerprint density at radius 1 is 1.71 bits per heavy atom. The second kappa shape index (κ2) is 6.07. The van der Waals surface area contributed by atoms with E-state index in [1.54, 1.807) is 31.7 Å². The van der Waals surface area contributed by atoms with E-state index < -0.39 is 5.60 Å². The molecule has 0 saturated carbocycles. The molecule has 0 aliphatic carbocycles. The number of carbonyl (C=O) groups is 1. The number of thioether (sulfide) groups is 1. The van der Waals surface area contributed by atoms with E-state index in [0.29, 0.717) is 12.2 Å². The molecule has 0 aliphatic rings. The minimum Gasteiger partial charge on any atom is -0.388 e. The van der Waals surface area contributed by atoms with Gasteiger partial charge in [0.15, 0.2) is 5.69 Å². The number of amides is 1. The van der Waals surface area contributed by atoms with Gasteiger partial charge in [0.2, 0.25) is 0 Å². The van der Waals surface area contributed by atoms with Gasteiger partial charge < -0.3 is 14.9 Å². The Kier molecular flexibility index (Phi) is 5.02. The van der Waals surface area contributed by atoms with Crippen LogP contribution in [0.1, 0.15) is 29.6 Å². The minimum absolute atomic E-state index is 0.207. The van der Waals surface area contributed by atoms with E-state index >= 15 is 0 Å². The molecule has 0 saturated heterocycles. The van der Waals surface area contributed by atoms with Crippen molar-refractivity contribution in [3.8, 4) is 0 Å². The van der Waals surface area contributed by atoms with E-state index in [4.69, 9.17) is 4.52 Å². The topological polar surface area (TPSA) is 75.4 Å². The van der Waals surface area contributed by atoms with Crippen LogP contribution in [-0.2, 0) is 0 Å². The van der Waals surface area contributed by atoms with Crippen molar-refractivity contribution in [1.29, 1.82) is 0 Å². The van der Waals surface area contributed by atoms with Gasteiger partial charge in [-0.3, -0.25) is 4.79 Å². The van der Waals surface area contributed by atoms with Gasteiger partial charge in [-0.2, -0.15) is 11.8 Å². The summed E-state index contributed by atoms with van der Waals surface area (Å²) < 4.78 is 4.81. The summed E-state index contributed by atoms with van der Waals surface area (Å²) in [7, 11) is 0. The summed E-state index contributed by atoms with van der Waals surface area (Å²) in [4.78, 5) is 11.6. The number of rotatable bonds is 6. The zero-order chi connectivity index (χ0) is 12.9. The third kappa shape index (κ3) is 4.79. The minimum atomic E-state index is -0.891. The quantitative estimate of drug-likeness (QED) is 0.802. The molecule has 1 aromatic heterocycles. The number of aliphatic hydroxyl groups is 1. The summed E-state index contributed by atoms with van der Waals surface area (Å²) in [6.07, 6.45) is 2.61. The average Bonchev–Trinajstić information content (AvgIpc) is 2.70. The molecule has 2 N–H and O–H groups in total. The van der Waals surface area contributed by atoms with Gasteiger partial charge >= 0.3 is 0 Å². The van der Waals surface area contributed by atoms with Crippen LogP contribution in [0, 0.1) is 6.92 Å². The summed E-state index contributed by atoms with van der Waals surface area (Å²) in [6.45, 7) is 3.63. The second-order valence-corrected chi connectivity index (χ2v) is 5.23. The first-order chi connectivity index (χ1) is 7.94. The lowest BCUT2D eigenvalue weighted by molar-refractivity contribution is 0.0526.